The lowest BCUT2D eigenvalue weighted by molar-refractivity contribution is 0.784. The van der Waals surface area contributed by atoms with Crippen LogP contribution in [-0.4, -0.2) is 24.5 Å². The van der Waals surface area contributed by atoms with Crippen LogP contribution in [0.4, 0.5) is 0 Å². The maximum Gasteiger partial charge on any atom is 0.191 e. The topological polar surface area (TPSA) is 49.3 Å². The Morgan fingerprint density at radius 1 is 1.32 bits per heavy atom. The molecule has 2 N–H and O–H groups in total. The van der Waals surface area contributed by atoms with Crippen LogP contribution in [0.15, 0.2) is 34.6 Å². The summed E-state index contributed by atoms with van der Waals surface area (Å²) in [6.45, 7) is 3.58. The molecule has 0 radical (unpaired) electrons. The number of guanidine groups is 1. The zero-order chi connectivity index (χ0) is 15.8. The number of aliphatic imine (C=N–C) groups is 1. The van der Waals surface area contributed by atoms with Gasteiger partial charge in [-0.3, -0.25) is 4.99 Å². The second-order valence-electron chi connectivity index (χ2n) is 4.78. The summed E-state index contributed by atoms with van der Waals surface area (Å²) >= 11 is 7.85. The molecule has 0 unspecified atom stereocenters. The molecule has 22 heavy (non-hydrogen) atoms. The van der Waals surface area contributed by atoms with Gasteiger partial charge in [0.25, 0.3) is 0 Å². The lowest BCUT2D eigenvalue weighted by Gasteiger charge is -2.11. The van der Waals surface area contributed by atoms with Gasteiger partial charge < -0.3 is 10.6 Å². The van der Waals surface area contributed by atoms with Crippen molar-refractivity contribution in [2.45, 2.75) is 26.3 Å². The molecule has 0 fully saturated rings. The number of aryl methyl sites for hydroxylation is 1. The Balaban J connectivity index is 1.77. The van der Waals surface area contributed by atoms with E-state index < -0.39 is 0 Å². The monoisotopic (exact) mass is 336 g/mol. The molecular weight excluding hydrogens is 316 g/mol. The molecule has 4 nitrogen and oxygen atoms in total. The second-order valence-corrected chi connectivity index (χ2v) is 6.13. The fraction of sp³-hybridized carbons (Fsp3) is 0.375. The zero-order valence-corrected chi connectivity index (χ0v) is 14.5. The highest BCUT2D eigenvalue weighted by Gasteiger charge is 2.03. The average molecular weight is 337 g/mol. The van der Waals surface area contributed by atoms with Crippen molar-refractivity contribution in [2.24, 2.45) is 4.99 Å². The van der Waals surface area contributed by atoms with Gasteiger partial charge in [0.2, 0.25) is 0 Å². The Morgan fingerprint density at radius 2 is 2.14 bits per heavy atom. The van der Waals surface area contributed by atoms with E-state index in [-0.39, 0.29) is 0 Å². The number of halogens is 1. The SMILES string of the molecule is CCc1nc(CNC(=NC)NCCc2ccccc2Cl)cs1. The highest BCUT2D eigenvalue weighted by Crippen LogP contribution is 2.14. The van der Waals surface area contributed by atoms with Crippen LogP contribution in [0.25, 0.3) is 0 Å². The molecular formula is C16H21ClN4S. The summed E-state index contributed by atoms with van der Waals surface area (Å²) in [4.78, 5) is 8.75. The number of hydrogen-bond donors (Lipinski definition) is 2. The van der Waals surface area contributed by atoms with Gasteiger partial charge in [-0.1, -0.05) is 36.7 Å². The molecule has 0 saturated carbocycles. The smallest absolute Gasteiger partial charge is 0.191 e. The summed E-state index contributed by atoms with van der Waals surface area (Å²) in [5, 5.41) is 10.6. The lowest BCUT2D eigenvalue weighted by atomic mass is 10.1. The largest absolute Gasteiger partial charge is 0.356 e. The number of hydrogen-bond acceptors (Lipinski definition) is 3. The summed E-state index contributed by atoms with van der Waals surface area (Å²) in [6.07, 6.45) is 1.84. The second kappa shape index (κ2) is 8.76. The molecule has 2 rings (SSSR count). The third-order valence-electron chi connectivity index (χ3n) is 3.21. The van der Waals surface area contributed by atoms with Gasteiger partial charge in [0, 0.05) is 24.0 Å². The van der Waals surface area contributed by atoms with Crippen LogP contribution >= 0.6 is 22.9 Å². The van der Waals surface area contributed by atoms with Crippen molar-refractivity contribution in [2.75, 3.05) is 13.6 Å². The van der Waals surface area contributed by atoms with Crippen LogP contribution in [0.5, 0.6) is 0 Å². The van der Waals surface area contributed by atoms with E-state index in [1.807, 2.05) is 24.3 Å². The van der Waals surface area contributed by atoms with Crippen LogP contribution in [0.1, 0.15) is 23.2 Å². The van der Waals surface area contributed by atoms with Crippen LogP contribution in [0.2, 0.25) is 5.02 Å². The molecule has 1 heterocycles. The standard InChI is InChI=1S/C16H21ClN4S/c1-3-15-21-13(11-22-15)10-20-16(18-2)19-9-8-12-6-4-5-7-14(12)17/h4-7,11H,3,8-10H2,1-2H3,(H2,18,19,20). The van der Waals surface area contributed by atoms with Gasteiger partial charge in [-0.2, -0.15) is 0 Å². The fourth-order valence-corrected chi connectivity index (χ4v) is 2.98. The van der Waals surface area contributed by atoms with Crippen LogP contribution in [-0.2, 0) is 19.4 Å². The predicted octanol–water partition coefficient (Wildman–Crippen LogP) is 3.27. The third-order valence-corrected chi connectivity index (χ3v) is 4.62. The first-order valence-corrected chi connectivity index (χ1v) is 8.60. The fourth-order valence-electron chi connectivity index (χ4n) is 2.00. The minimum Gasteiger partial charge on any atom is -0.356 e. The Kier molecular flexibility index (Phi) is 6.68. The molecule has 118 valence electrons. The van der Waals surface area contributed by atoms with E-state index in [4.69, 9.17) is 11.6 Å². The van der Waals surface area contributed by atoms with E-state index >= 15 is 0 Å². The van der Waals surface area contributed by atoms with Gasteiger partial charge in [-0.15, -0.1) is 11.3 Å². The van der Waals surface area contributed by atoms with E-state index in [1.54, 1.807) is 18.4 Å². The molecule has 0 aliphatic heterocycles. The van der Waals surface area contributed by atoms with Crippen molar-refractivity contribution >= 4 is 28.9 Å². The number of thiazole rings is 1. The maximum atomic E-state index is 6.15. The molecule has 0 amide bonds. The molecule has 0 aliphatic carbocycles. The molecule has 1 aromatic heterocycles. The van der Waals surface area contributed by atoms with Gasteiger partial charge in [0.05, 0.1) is 17.2 Å². The van der Waals surface area contributed by atoms with E-state index in [0.29, 0.717) is 6.54 Å². The van der Waals surface area contributed by atoms with Gasteiger partial charge in [-0.25, -0.2) is 4.98 Å². The molecule has 0 atom stereocenters. The number of aromatic nitrogens is 1. The van der Waals surface area contributed by atoms with Crippen molar-refractivity contribution < 1.29 is 0 Å². The first kappa shape index (κ1) is 16.8. The Labute approximate surface area is 140 Å². The molecule has 0 aliphatic rings. The van der Waals surface area contributed by atoms with Crippen LogP contribution < -0.4 is 10.6 Å². The van der Waals surface area contributed by atoms with Crippen molar-refractivity contribution in [3.05, 3.63) is 50.9 Å². The summed E-state index contributed by atoms with van der Waals surface area (Å²) in [5.41, 5.74) is 2.19. The van der Waals surface area contributed by atoms with Gasteiger partial charge in [0.15, 0.2) is 5.96 Å². The molecule has 0 bridgehead atoms. The Hall–Kier alpha value is -1.59. The van der Waals surface area contributed by atoms with Crippen molar-refractivity contribution in [1.82, 2.24) is 15.6 Å². The first-order valence-electron chi connectivity index (χ1n) is 7.34. The minimum atomic E-state index is 0.683. The number of nitrogens with zero attached hydrogens (tertiary/aromatic N) is 2. The molecule has 6 heteroatoms. The third kappa shape index (κ3) is 5.00. The normalized spacial score (nSPS) is 11.5. The van der Waals surface area contributed by atoms with Crippen LogP contribution in [0.3, 0.4) is 0 Å². The summed E-state index contributed by atoms with van der Waals surface area (Å²) in [7, 11) is 1.77. The Morgan fingerprint density at radius 3 is 2.82 bits per heavy atom. The van der Waals surface area contributed by atoms with E-state index in [1.165, 1.54) is 5.01 Å². The average Bonchev–Trinajstić information content (AvgIpc) is 3.00. The minimum absolute atomic E-state index is 0.683. The zero-order valence-electron chi connectivity index (χ0n) is 12.9. The molecule has 2 aromatic rings. The van der Waals surface area contributed by atoms with E-state index in [0.717, 1.165) is 41.6 Å². The quantitative estimate of drug-likeness (QED) is 0.628. The van der Waals surface area contributed by atoms with Gasteiger partial charge in [0.1, 0.15) is 0 Å². The maximum absolute atomic E-state index is 6.15. The summed E-state index contributed by atoms with van der Waals surface area (Å²) in [5.74, 6) is 0.776. The van der Waals surface area contributed by atoms with Gasteiger partial charge in [-0.05, 0) is 24.5 Å². The Bertz CT molecular complexity index is 624. The molecule has 0 spiro atoms. The molecule has 1 aromatic carbocycles. The van der Waals surface area contributed by atoms with Crippen molar-refractivity contribution in [3.63, 3.8) is 0 Å². The molecule has 0 saturated heterocycles. The van der Waals surface area contributed by atoms with Gasteiger partial charge >= 0.3 is 0 Å². The first-order chi connectivity index (χ1) is 10.7. The predicted molar refractivity (Wildman–Crippen MR) is 94.8 cm³/mol. The highest BCUT2D eigenvalue weighted by molar-refractivity contribution is 7.09. The van der Waals surface area contributed by atoms with E-state index in [9.17, 15) is 0 Å². The van der Waals surface area contributed by atoms with Crippen molar-refractivity contribution in [1.29, 1.82) is 0 Å². The summed E-state index contributed by atoms with van der Waals surface area (Å²) in [6, 6.07) is 7.90. The van der Waals surface area contributed by atoms with E-state index in [2.05, 4.69) is 32.9 Å². The lowest BCUT2D eigenvalue weighted by Crippen LogP contribution is -2.37. The summed E-state index contributed by atoms with van der Waals surface area (Å²) < 4.78 is 0. The number of rotatable bonds is 6. The number of benzene rings is 1. The van der Waals surface area contributed by atoms with Crippen molar-refractivity contribution in [3.8, 4) is 0 Å². The number of nitrogens with one attached hydrogen (secondary N) is 2. The van der Waals surface area contributed by atoms with Crippen LogP contribution in [0, 0.1) is 0 Å². The highest BCUT2D eigenvalue weighted by atomic mass is 35.5.